The predicted octanol–water partition coefficient (Wildman–Crippen LogP) is 3.15. The third-order valence-electron chi connectivity index (χ3n) is 6.09. The van der Waals surface area contributed by atoms with Crippen molar-refractivity contribution in [3.63, 3.8) is 0 Å². The molecule has 3 aromatic rings. The van der Waals surface area contributed by atoms with Gasteiger partial charge in [-0.25, -0.2) is 9.97 Å². The van der Waals surface area contributed by atoms with Crippen molar-refractivity contribution in [3.05, 3.63) is 29.6 Å². The fourth-order valence-electron chi connectivity index (χ4n) is 4.23. The second-order valence-electron chi connectivity index (χ2n) is 8.31. The van der Waals surface area contributed by atoms with Crippen LogP contribution in [-0.4, -0.2) is 75.6 Å². The largest absolute Gasteiger partial charge is 0.380 e. The van der Waals surface area contributed by atoms with Crippen LogP contribution in [0.25, 0.3) is 11.0 Å². The summed E-state index contributed by atoms with van der Waals surface area (Å²) in [6.07, 6.45) is 1.11. The molecule has 0 amide bonds. The van der Waals surface area contributed by atoms with Gasteiger partial charge in [-0.05, 0) is 45.9 Å². The van der Waals surface area contributed by atoms with Crippen LogP contribution in [0.2, 0.25) is 0 Å². The zero-order valence-corrected chi connectivity index (χ0v) is 19.8. The molecule has 1 saturated heterocycles. The summed E-state index contributed by atoms with van der Waals surface area (Å²) in [7, 11) is 2.09. The van der Waals surface area contributed by atoms with E-state index in [4.69, 9.17) is 19.8 Å². The molecule has 0 spiro atoms. The van der Waals surface area contributed by atoms with Crippen LogP contribution in [-0.2, 0) is 11.3 Å². The second kappa shape index (κ2) is 9.79. The Labute approximate surface area is 189 Å². The van der Waals surface area contributed by atoms with Crippen molar-refractivity contribution in [2.75, 3.05) is 50.1 Å². The van der Waals surface area contributed by atoms with Gasteiger partial charge in [-0.15, -0.1) is 0 Å². The van der Waals surface area contributed by atoms with Gasteiger partial charge in [0, 0.05) is 38.5 Å². The molecule has 4 rings (SSSR count). The highest BCUT2D eigenvalue weighted by atomic mass is 16.5. The summed E-state index contributed by atoms with van der Waals surface area (Å²) in [6, 6.07) is 6.32. The van der Waals surface area contributed by atoms with E-state index in [1.54, 1.807) is 0 Å². The van der Waals surface area contributed by atoms with Gasteiger partial charge in [0.15, 0.2) is 5.82 Å². The number of rotatable bonds is 9. The summed E-state index contributed by atoms with van der Waals surface area (Å²) in [6.45, 7) is 13.3. The molecule has 0 aliphatic carbocycles. The predicted molar refractivity (Wildman–Crippen MR) is 128 cm³/mol. The molecule has 1 aliphatic rings. The smallest absolute Gasteiger partial charge is 0.228 e. The van der Waals surface area contributed by atoms with Crippen LogP contribution < -0.4 is 10.2 Å². The topological polar surface area (TPSA) is 84.2 Å². The van der Waals surface area contributed by atoms with Gasteiger partial charge in [-0.2, -0.15) is 10.1 Å². The summed E-state index contributed by atoms with van der Waals surface area (Å²) in [5.74, 6) is 2.19. The number of pyridine rings is 1. The number of nitrogens with one attached hydrogen (secondary N) is 1. The van der Waals surface area contributed by atoms with Crippen molar-refractivity contribution in [2.45, 2.75) is 46.7 Å². The monoisotopic (exact) mass is 438 g/mol. The van der Waals surface area contributed by atoms with E-state index in [-0.39, 0.29) is 0 Å². The van der Waals surface area contributed by atoms with Crippen LogP contribution >= 0.6 is 0 Å². The maximum absolute atomic E-state index is 5.57. The Morgan fingerprint density at radius 3 is 2.75 bits per heavy atom. The number of nitrogens with zero attached hydrogens (tertiary/aromatic N) is 7. The molecule has 3 aromatic heterocycles. The van der Waals surface area contributed by atoms with E-state index >= 15 is 0 Å². The van der Waals surface area contributed by atoms with E-state index in [9.17, 15) is 0 Å². The molecular weight excluding hydrogens is 404 g/mol. The van der Waals surface area contributed by atoms with Crippen molar-refractivity contribution >= 4 is 28.6 Å². The average molecular weight is 439 g/mol. The van der Waals surface area contributed by atoms with Crippen molar-refractivity contribution in [2.24, 2.45) is 0 Å². The molecule has 32 heavy (non-hydrogen) atoms. The molecular formula is C23H34N8O. The standard InChI is InChI=1S/C23H34N8O/c1-6-30-12-11-18(15-30)29(5)23-26-20-17(4)28-31(13-14-32-7-2)21(20)22(27-23)25-19-10-8-9-16(3)24-19/h8-10,18H,6-7,11-15H2,1-5H3,(H,24,25,26,27)/t18-/m0/s1. The Balaban J connectivity index is 1.75. The molecule has 0 saturated carbocycles. The van der Waals surface area contributed by atoms with Gasteiger partial charge >= 0.3 is 0 Å². The number of fused-ring (bicyclic) bond motifs is 1. The summed E-state index contributed by atoms with van der Waals surface area (Å²) in [5.41, 5.74) is 3.57. The zero-order valence-electron chi connectivity index (χ0n) is 19.8. The number of anilines is 3. The molecule has 9 heteroatoms. The van der Waals surface area contributed by atoms with Crippen LogP contribution in [0.1, 0.15) is 31.7 Å². The van der Waals surface area contributed by atoms with Gasteiger partial charge in [0.05, 0.1) is 18.8 Å². The minimum Gasteiger partial charge on any atom is -0.380 e. The first-order chi connectivity index (χ1) is 15.5. The van der Waals surface area contributed by atoms with Crippen LogP contribution in [0.3, 0.4) is 0 Å². The molecule has 4 heterocycles. The van der Waals surface area contributed by atoms with E-state index < -0.39 is 0 Å². The van der Waals surface area contributed by atoms with Crippen LogP contribution in [0.5, 0.6) is 0 Å². The SMILES string of the molecule is CCOCCn1nc(C)c2nc(N(C)[C@H]3CCN(CC)C3)nc(Nc3cccc(C)n3)c21. The third-order valence-corrected chi connectivity index (χ3v) is 6.09. The van der Waals surface area contributed by atoms with Crippen molar-refractivity contribution < 1.29 is 4.74 Å². The molecule has 1 fully saturated rings. The Bertz CT molecular complexity index is 1070. The van der Waals surface area contributed by atoms with Crippen molar-refractivity contribution in [3.8, 4) is 0 Å². The molecule has 1 aliphatic heterocycles. The first kappa shape index (κ1) is 22.4. The molecule has 1 atom stereocenters. The Morgan fingerprint density at radius 2 is 2.03 bits per heavy atom. The number of ether oxygens (including phenoxy) is 1. The fourth-order valence-corrected chi connectivity index (χ4v) is 4.23. The van der Waals surface area contributed by atoms with E-state index in [0.717, 1.165) is 60.1 Å². The van der Waals surface area contributed by atoms with Crippen molar-refractivity contribution in [1.82, 2.24) is 29.6 Å². The number of hydrogen-bond acceptors (Lipinski definition) is 8. The number of hydrogen-bond donors (Lipinski definition) is 1. The minimum absolute atomic E-state index is 0.394. The maximum atomic E-state index is 5.57. The van der Waals surface area contributed by atoms with E-state index in [2.05, 4.69) is 34.1 Å². The van der Waals surface area contributed by atoms with Gasteiger partial charge in [-0.1, -0.05) is 13.0 Å². The van der Waals surface area contributed by atoms with E-state index in [0.29, 0.717) is 31.7 Å². The summed E-state index contributed by atoms with van der Waals surface area (Å²) < 4.78 is 7.51. The first-order valence-electron chi connectivity index (χ1n) is 11.5. The zero-order chi connectivity index (χ0) is 22.7. The minimum atomic E-state index is 0.394. The first-order valence-corrected chi connectivity index (χ1v) is 11.5. The summed E-state index contributed by atoms with van der Waals surface area (Å²) in [5, 5.41) is 8.19. The lowest BCUT2D eigenvalue weighted by molar-refractivity contribution is 0.137. The summed E-state index contributed by atoms with van der Waals surface area (Å²) >= 11 is 0. The van der Waals surface area contributed by atoms with E-state index in [1.807, 2.05) is 43.7 Å². The molecule has 0 radical (unpaired) electrons. The Morgan fingerprint density at radius 1 is 1.19 bits per heavy atom. The molecule has 9 nitrogen and oxygen atoms in total. The van der Waals surface area contributed by atoms with Crippen LogP contribution in [0.4, 0.5) is 17.6 Å². The van der Waals surface area contributed by atoms with Crippen molar-refractivity contribution in [1.29, 1.82) is 0 Å². The number of aryl methyl sites for hydroxylation is 2. The number of likely N-dealkylation sites (N-methyl/N-ethyl adjacent to an activating group) is 2. The number of likely N-dealkylation sites (tertiary alicyclic amines) is 1. The molecule has 1 N–H and O–H groups in total. The highest BCUT2D eigenvalue weighted by Gasteiger charge is 2.27. The lowest BCUT2D eigenvalue weighted by atomic mass is 10.2. The van der Waals surface area contributed by atoms with Gasteiger partial charge in [0.1, 0.15) is 16.9 Å². The lowest BCUT2D eigenvalue weighted by Gasteiger charge is -2.25. The third kappa shape index (κ3) is 4.68. The normalized spacial score (nSPS) is 16.7. The number of aromatic nitrogens is 5. The van der Waals surface area contributed by atoms with E-state index in [1.165, 1.54) is 0 Å². The maximum Gasteiger partial charge on any atom is 0.228 e. The van der Waals surface area contributed by atoms with Gasteiger partial charge < -0.3 is 19.9 Å². The fraction of sp³-hybridized carbons (Fsp3) is 0.565. The molecule has 0 aromatic carbocycles. The molecule has 0 unspecified atom stereocenters. The van der Waals surface area contributed by atoms with Gasteiger partial charge in [-0.3, -0.25) is 4.68 Å². The van der Waals surface area contributed by atoms with Crippen LogP contribution in [0.15, 0.2) is 18.2 Å². The van der Waals surface area contributed by atoms with Gasteiger partial charge in [0.25, 0.3) is 0 Å². The quantitative estimate of drug-likeness (QED) is 0.510. The summed E-state index contributed by atoms with van der Waals surface area (Å²) in [4.78, 5) is 19.2. The second-order valence-corrected chi connectivity index (χ2v) is 8.31. The van der Waals surface area contributed by atoms with Crippen LogP contribution in [0, 0.1) is 13.8 Å². The van der Waals surface area contributed by atoms with Gasteiger partial charge in [0.2, 0.25) is 5.95 Å². The highest BCUT2D eigenvalue weighted by molar-refractivity contribution is 5.90. The molecule has 0 bridgehead atoms. The molecule has 172 valence electrons. The Hall–Kier alpha value is -2.78. The lowest BCUT2D eigenvalue weighted by Crippen LogP contribution is -2.35. The average Bonchev–Trinajstić information content (AvgIpc) is 3.38. The highest BCUT2D eigenvalue weighted by Crippen LogP contribution is 2.29. The Kier molecular flexibility index (Phi) is 6.86.